The third kappa shape index (κ3) is 4.15. The SMILES string of the molecule is C[C@@H](Nc1nc2ccccc2s1)C(=O)NCc1csc(-c2ccccc2)n1. The summed E-state index contributed by atoms with van der Waals surface area (Å²) in [4.78, 5) is 21.5. The number of nitrogens with one attached hydrogen (secondary N) is 2. The minimum atomic E-state index is -0.377. The van der Waals surface area contributed by atoms with Crippen LogP contribution in [0.15, 0.2) is 60.0 Å². The van der Waals surface area contributed by atoms with Gasteiger partial charge in [0.15, 0.2) is 5.13 Å². The van der Waals surface area contributed by atoms with Gasteiger partial charge in [-0.2, -0.15) is 0 Å². The number of nitrogens with zero attached hydrogens (tertiary/aromatic N) is 2. The molecule has 0 aliphatic rings. The van der Waals surface area contributed by atoms with E-state index in [2.05, 4.69) is 20.6 Å². The molecule has 0 bridgehead atoms. The van der Waals surface area contributed by atoms with Crippen molar-refractivity contribution in [2.75, 3.05) is 5.32 Å². The Labute approximate surface area is 165 Å². The molecule has 0 aliphatic carbocycles. The Hall–Kier alpha value is -2.77. The minimum Gasteiger partial charge on any atom is -0.350 e. The number of para-hydroxylation sites is 1. The molecule has 2 heterocycles. The Morgan fingerprint density at radius 2 is 1.85 bits per heavy atom. The second-order valence-corrected chi connectivity index (χ2v) is 7.97. The van der Waals surface area contributed by atoms with Crippen LogP contribution in [-0.4, -0.2) is 21.9 Å². The Morgan fingerprint density at radius 1 is 1.07 bits per heavy atom. The van der Waals surface area contributed by atoms with Crippen LogP contribution in [0, 0.1) is 0 Å². The van der Waals surface area contributed by atoms with Gasteiger partial charge in [-0.3, -0.25) is 4.79 Å². The molecule has 27 heavy (non-hydrogen) atoms. The number of benzene rings is 2. The Morgan fingerprint density at radius 3 is 2.67 bits per heavy atom. The van der Waals surface area contributed by atoms with E-state index in [0.717, 1.165) is 31.6 Å². The normalized spacial score (nSPS) is 12.0. The maximum atomic E-state index is 12.4. The van der Waals surface area contributed by atoms with Crippen molar-refractivity contribution >= 4 is 43.9 Å². The fourth-order valence-corrected chi connectivity index (χ4v) is 4.40. The molecule has 0 saturated heterocycles. The average Bonchev–Trinajstić information content (AvgIpc) is 3.33. The van der Waals surface area contributed by atoms with Gasteiger partial charge < -0.3 is 10.6 Å². The molecule has 2 N–H and O–H groups in total. The summed E-state index contributed by atoms with van der Waals surface area (Å²) < 4.78 is 1.10. The molecule has 0 saturated carbocycles. The lowest BCUT2D eigenvalue weighted by atomic mass is 10.2. The number of carbonyl (C=O) groups excluding carboxylic acids is 1. The molecule has 7 heteroatoms. The summed E-state index contributed by atoms with van der Waals surface area (Å²) in [7, 11) is 0. The zero-order valence-corrected chi connectivity index (χ0v) is 16.3. The first kappa shape index (κ1) is 17.6. The van der Waals surface area contributed by atoms with E-state index in [-0.39, 0.29) is 11.9 Å². The molecular weight excluding hydrogens is 376 g/mol. The molecule has 0 radical (unpaired) electrons. The van der Waals surface area contributed by atoms with Crippen LogP contribution in [0.25, 0.3) is 20.8 Å². The highest BCUT2D eigenvalue weighted by Gasteiger charge is 2.15. The number of carbonyl (C=O) groups is 1. The Kier molecular flexibility index (Phi) is 5.13. The van der Waals surface area contributed by atoms with E-state index >= 15 is 0 Å². The number of hydrogen-bond donors (Lipinski definition) is 2. The van der Waals surface area contributed by atoms with E-state index < -0.39 is 0 Å². The van der Waals surface area contributed by atoms with Crippen LogP contribution in [0.3, 0.4) is 0 Å². The standard InChI is InChI=1S/C20H18N4OS2/c1-13(22-20-24-16-9-5-6-10-17(16)27-20)18(25)21-11-15-12-26-19(23-15)14-7-3-2-4-8-14/h2-10,12-13H,11H2,1H3,(H,21,25)(H,22,24)/t13-/m1/s1. The number of thiazole rings is 2. The molecule has 2 aromatic heterocycles. The van der Waals surface area contributed by atoms with Crippen molar-refractivity contribution in [2.24, 2.45) is 0 Å². The van der Waals surface area contributed by atoms with Crippen molar-refractivity contribution in [3.05, 3.63) is 65.7 Å². The predicted octanol–water partition coefficient (Wildman–Crippen LogP) is 4.54. The van der Waals surface area contributed by atoms with E-state index in [1.54, 1.807) is 22.7 Å². The molecule has 1 amide bonds. The summed E-state index contributed by atoms with van der Waals surface area (Å²) in [6.07, 6.45) is 0. The van der Waals surface area contributed by atoms with Crippen molar-refractivity contribution in [1.82, 2.24) is 15.3 Å². The van der Waals surface area contributed by atoms with Gasteiger partial charge in [-0.25, -0.2) is 9.97 Å². The van der Waals surface area contributed by atoms with Crippen LogP contribution < -0.4 is 10.6 Å². The average molecular weight is 395 g/mol. The molecule has 0 unspecified atom stereocenters. The van der Waals surface area contributed by atoms with Gasteiger partial charge in [0.25, 0.3) is 0 Å². The molecular formula is C20H18N4OS2. The van der Waals surface area contributed by atoms with E-state index in [0.29, 0.717) is 6.54 Å². The van der Waals surface area contributed by atoms with Gasteiger partial charge in [0.05, 0.1) is 22.5 Å². The van der Waals surface area contributed by atoms with Crippen LogP contribution >= 0.6 is 22.7 Å². The summed E-state index contributed by atoms with van der Waals surface area (Å²) in [6, 6.07) is 17.6. The summed E-state index contributed by atoms with van der Waals surface area (Å²) in [5.74, 6) is -0.0801. The first-order valence-corrected chi connectivity index (χ1v) is 10.3. The quantitative estimate of drug-likeness (QED) is 0.504. The molecule has 0 aliphatic heterocycles. The minimum absolute atomic E-state index is 0.0801. The molecule has 5 nitrogen and oxygen atoms in total. The number of amides is 1. The number of fused-ring (bicyclic) bond motifs is 1. The van der Waals surface area contributed by atoms with E-state index in [9.17, 15) is 4.79 Å². The summed E-state index contributed by atoms with van der Waals surface area (Å²) in [5.41, 5.74) is 2.89. The predicted molar refractivity (Wildman–Crippen MR) is 112 cm³/mol. The zero-order chi connectivity index (χ0) is 18.6. The van der Waals surface area contributed by atoms with Crippen LogP contribution in [0.1, 0.15) is 12.6 Å². The highest BCUT2D eigenvalue weighted by atomic mass is 32.1. The van der Waals surface area contributed by atoms with Gasteiger partial charge in [0.2, 0.25) is 5.91 Å². The van der Waals surface area contributed by atoms with Crippen molar-refractivity contribution in [2.45, 2.75) is 19.5 Å². The third-order valence-electron chi connectivity index (χ3n) is 4.04. The fourth-order valence-electron chi connectivity index (χ4n) is 2.62. The number of anilines is 1. The van der Waals surface area contributed by atoms with Gasteiger partial charge in [-0.05, 0) is 19.1 Å². The molecule has 136 valence electrons. The number of rotatable bonds is 6. The lowest BCUT2D eigenvalue weighted by Crippen LogP contribution is -2.37. The third-order valence-corrected chi connectivity index (χ3v) is 5.95. The maximum absolute atomic E-state index is 12.4. The highest BCUT2D eigenvalue weighted by Crippen LogP contribution is 2.26. The van der Waals surface area contributed by atoms with E-state index in [1.807, 2.05) is 66.9 Å². The largest absolute Gasteiger partial charge is 0.350 e. The van der Waals surface area contributed by atoms with Gasteiger partial charge in [0, 0.05) is 10.9 Å². The molecule has 2 aromatic carbocycles. The monoisotopic (exact) mass is 394 g/mol. The van der Waals surface area contributed by atoms with Gasteiger partial charge in [-0.1, -0.05) is 53.8 Å². The van der Waals surface area contributed by atoms with E-state index in [4.69, 9.17) is 0 Å². The molecule has 4 rings (SSSR count). The summed E-state index contributed by atoms with van der Waals surface area (Å²) >= 11 is 3.13. The highest BCUT2D eigenvalue weighted by molar-refractivity contribution is 7.22. The van der Waals surface area contributed by atoms with Crippen molar-refractivity contribution in [1.29, 1.82) is 0 Å². The van der Waals surface area contributed by atoms with Gasteiger partial charge in [0.1, 0.15) is 11.0 Å². The first-order valence-electron chi connectivity index (χ1n) is 8.59. The smallest absolute Gasteiger partial charge is 0.242 e. The molecule has 0 fully saturated rings. The second kappa shape index (κ2) is 7.85. The van der Waals surface area contributed by atoms with Crippen molar-refractivity contribution < 1.29 is 4.79 Å². The summed E-state index contributed by atoms with van der Waals surface area (Å²) in [6.45, 7) is 2.24. The van der Waals surface area contributed by atoms with E-state index in [1.165, 1.54) is 0 Å². The fraction of sp³-hybridized carbons (Fsp3) is 0.150. The number of hydrogen-bond acceptors (Lipinski definition) is 6. The van der Waals surface area contributed by atoms with Crippen LogP contribution in [0.4, 0.5) is 5.13 Å². The van der Waals surface area contributed by atoms with Crippen LogP contribution in [0.2, 0.25) is 0 Å². The Bertz CT molecular complexity index is 1020. The maximum Gasteiger partial charge on any atom is 0.242 e. The molecule has 4 aromatic rings. The lowest BCUT2D eigenvalue weighted by molar-refractivity contribution is -0.121. The second-order valence-electron chi connectivity index (χ2n) is 6.08. The first-order chi connectivity index (χ1) is 13.2. The van der Waals surface area contributed by atoms with Gasteiger partial charge in [-0.15, -0.1) is 11.3 Å². The molecule has 1 atom stereocenters. The number of aromatic nitrogens is 2. The van der Waals surface area contributed by atoms with Crippen molar-refractivity contribution in [3.8, 4) is 10.6 Å². The lowest BCUT2D eigenvalue weighted by Gasteiger charge is -2.12. The summed E-state index contributed by atoms with van der Waals surface area (Å²) in [5, 5.41) is 9.80. The molecule has 0 spiro atoms. The Balaban J connectivity index is 1.34. The van der Waals surface area contributed by atoms with Crippen LogP contribution in [-0.2, 0) is 11.3 Å². The van der Waals surface area contributed by atoms with Gasteiger partial charge >= 0.3 is 0 Å². The topological polar surface area (TPSA) is 66.9 Å². The van der Waals surface area contributed by atoms with Crippen molar-refractivity contribution in [3.63, 3.8) is 0 Å². The zero-order valence-electron chi connectivity index (χ0n) is 14.7. The van der Waals surface area contributed by atoms with Crippen LogP contribution in [0.5, 0.6) is 0 Å².